The van der Waals surface area contributed by atoms with Gasteiger partial charge in [0.05, 0.1) is 0 Å². The zero-order chi connectivity index (χ0) is 10.9. The van der Waals surface area contributed by atoms with Gasteiger partial charge in [-0.25, -0.2) is 9.59 Å². The Kier molecular flexibility index (Phi) is 9.53. The van der Waals surface area contributed by atoms with E-state index in [1.54, 1.807) is 0 Å². The van der Waals surface area contributed by atoms with Crippen molar-refractivity contribution in [3.05, 3.63) is 12.2 Å². The van der Waals surface area contributed by atoms with E-state index < -0.39 is 17.5 Å². The van der Waals surface area contributed by atoms with E-state index in [1.807, 2.05) is 0 Å². The van der Waals surface area contributed by atoms with Crippen LogP contribution in [0.25, 0.3) is 0 Å². The van der Waals surface area contributed by atoms with Crippen molar-refractivity contribution in [2.45, 2.75) is 26.7 Å². The van der Waals surface area contributed by atoms with Crippen LogP contribution in [0.4, 0.5) is 0 Å². The fraction of sp³-hybridized carbons (Fsp3) is 0.500. The average molecular weight is 189 g/mol. The molecule has 0 amide bonds. The zero-order valence-electron chi connectivity index (χ0n) is 7.87. The molecule has 0 spiro atoms. The van der Waals surface area contributed by atoms with Crippen molar-refractivity contribution in [1.82, 2.24) is 0 Å². The van der Waals surface area contributed by atoms with Crippen LogP contribution in [0.2, 0.25) is 0 Å². The number of aliphatic carboxylic acids is 1. The highest BCUT2D eigenvalue weighted by Crippen LogP contribution is 1.90. The molecule has 0 rings (SSSR count). The summed E-state index contributed by atoms with van der Waals surface area (Å²) in [6.45, 7) is 7.23. The van der Waals surface area contributed by atoms with Crippen molar-refractivity contribution in [2.75, 3.05) is 0 Å². The first-order valence-corrected chi connectivity index (χ1v) is 3.84. The van der Waals surface area contributed by atoms with Crippen molar-refractivity contribution in [2.24, 2.45) is 5.90 Å². The Morgan fingerprint density at radius 1 is 1.38 bits per heavy atom. The highest BCUT2D eigenvalue weighted by atomic mass is 16.7. The first kappa shape index (κ1) is 14.2. The minimum Gasteiger partial charge on any atom is -0.477 e. The summed E-state index contributed by atoms with van der Waals surface area (Å²) in [5.74, 6) is 1.76. The third kappa shape index (κ3) is 8.55. The Hall–Kier alpha value is -1.36. The monoisotopic (exact) mass is 189 g/mol. The molecule has 5 nitrogen and oxygen atoms in total. The van der Waals surface area contributed by atoms with Crippen LogP contribution in [-0.2, 0) is 14.4 Å². The smallest absolute Gasteiger partial charge is 0.363 e. The second-order valence-electron chi connectivity index (χ2n) is 2.19. The van der Waals surface area contributed by atoms with Crippen molar-refractivity contribution >= 4 is 11.9 Å². The number of hydrogen-bond acceptors (Lipinski definition) is 4. The highest BCUT2D eigenvalue weighted by molar-refractivity contribution is 6.12. The van der Waals surface area contributed by atoms with Gasteiger partial charge in [-0.15, -0.1) is 0 Å². The highest BCUT2D eigenvalue weighted by Gasteiger charge is 2.14. The van der Waals surface area contributed by atoms with Gasteiger partial charge in [-0.1, -0.05) is 33.3 Å². The summed E-state index contributed by atoms with van der Waals surface area (Å²) < 4.78 is 0. The Labute approximate surface area is 77.1 Å². The number of unbranched alkanes of at least 4 members (excludes halogenated alkanes) is 1. The van der Waals surface area contributed by atoms with E-state index in [0.29, 0.717) is 0 Å². The van der Waals surface area contributed by atoms with Crippen molar-refractivity contribution in [3.63, 3.8) is 0 Å². The minimum atomic E-state index is -1.44. The number of carboxylic acid groups (broad SMARTS) is 1. The van der Waals surface area contributed by atoms with Crippen LogP contribution in [0.5, 0.6) is 0 Å². The van der Waals surface area contributed by atoms with Gasteiger partial charge in [0.25, 0.3) is 0 Å². The van der Waals surface area contributed by atoms with Crippen LogP contribution in [0.15, 0.2) is 12.2 Å². The molecule has 0 aromatic rings. The molecular formula is C8H15NO4. The molecule has 0 heterocycles. The quantitative estimate of drug-likeness (QED) is 0.297. The summed E-state index contributed by atoms with van der Waals surface area (Å²) in [5.41, 5.74) is -0.683. The lowest BCUT2D eigenvalue weighted by Gasteiger charge is -1.93. The molecule has 0 aromatic heterocycles. The Morgan fingerprint density at radius 2 is 1.77 bits per heavy atom. The zero-order valence-corrected chi connectivity index (χ0v) is 7.87. The third-order valence-corrected chi connectivity index (χ3v) is 1.11. The van der Waals surface area contributed by atoms with E-state index in [1.165, 1.54) is 12.8 Å². The molecule has 0 radical (unpaired) electrons. The van der Waals surface area contributed by atoms with Gasteiger partial charge < -0.3 is 9.94 Å². The Morgan fingerprint density at radius 3 is 1.85 bits per heavy atom. The van der Waals surface area contributed by atoms with E-state index >= 15 is 0 Å². The number of nitrogens with two attached hydrogens (primary N) is 1. The van der Waals surface area contributed by atoms with Crippen LogP contribution >= 0.6 is 0 Å². The molecule has 3 N–H and O–H groups in total. The lowest BCUT2D eigenvalue weighted by atomic mass is 10.3. The first-order valence-electron chi connectivity index (χ1n) is 3.84. The summed E-state index contributed by atoms with van der Waals surface area (Å²) in [7, 11) is 0. The van der Waals surface area contributed by atoms with Crippen LogP contribution in [0.3, 0.4) is 0 Å². The summed E-state index contributed by atoms with van der Waals surface area (Å²) in [6.07, 6.45) is 2.64. The van der Waals surface area contributed by atoms with Gasteiger partial charge in [0.2, 0.25) is 0 Å². The molecule has 0 fully saturated rings. The summed E-state index contributed by atoms with van der Waals surface area (Å²) >= 11 is 0. The maximum Gasteiger partial charge on any atom is 0.363 e. The van der Waals surface area contributed by atoms with E-state index in [4.69, 9.17) is 5.11 Å². The predicted octanol–water partition coefficient (Wildman–Crippen LogP) is 0.850. The minimum absolute atomic E-state index is 0.683. The molecule has 0 aliphatic heterocycles. The summed E-state index contributed by atoms with van der Waals surface area (Å²) in [6, 6.07) is 0. The number of hydrogen-bond donors (Lipinski definition) is 2. The van der Waals surface area contributed by atoms with Crippen LogP contribution in [-0.4, -0.2) is 17.0 Å². The summed E-state index contributed by atoms with van der Waals surface area (Å²) in [5, 5.41) is 8.03. The van der Waals surface area contributed by atoms with E-state index in [-0.39, 0.29) is 0 Å². The second-order valence-corrected chi connectivity index (χ2v) is 2.19. The maximum absolute atomic E-state index is 10.1. The van der Waals surface area contributed by atoms with Gasteiger partial charge in [0.15, 0.2) is 0 Å². The molecule has 0 aliphatic rings. The molecular weight excluding hydrogens is 174 g/mol. The Balaban J connectivity index is 0. The molecule has 0 atom stereocenters. The van der Waals surface area contributed by atoms with Crippen LogP contribution in [0.1, 0.15) is 26.7 Å². The number of carbonyl (C=O) groups is 2. The third-order valence-electron chi connectivity index (χ3n) is 1.11. The molecule has 0 bridgehead atoms. The first-order chi connectivity index (χ1) is 6.01. The molecule has 0 unspecified atom stereocenters. The normalized spacial score (nSPS) is 7.92. The fourth-order valence-corrected chi connectivity index (χ4v) is 0.158. The topological polar surface area (TPSA) is 89.6 Å². The Bertz CT molecular complexity index is 187. The number of rotatable bonds is 3. The van der Waals surface area contributed by atoms with E-state index in [9.17, 15) is 9.59 Å². The molecule has 0 aromatic carbocycles. The fourth-order valence-electron chi connectivity index (χ4n) is 0.158. The SMILES string of the molecule is C=C(C(=O)O)C(=O)ON.CCCC. The van der Waals surface area contributed by atoms with Crippen molar-refractivity contribution < 1.29 is 19.5 Å². The van der Waals surface area contributed by atoms with E-state index in [2.05, 4.69) is 31.2 Å². The van der Waals surface area contributed by atoms with Gasteiger partial charge in [0, 0.05) is 0 Å². The molecule has 0 saturated heterocycles. The average Bonchev–Trinajstić information content (AvgIpc) is 2.15. The predicted molar refractivity (Wildman–Crippen MR) is 47.6 cm³/mol. The van der Waals surface area contributed by atoms with Gasteiger partial charge in [-0.2, -0.15) is 5.90 Å². The lowest BCUT2D eigenvalue weighted by Crippen LogP contribution is -2.17. The van der Waals surface area contributed by atoms with Gasteiger partial charge in [-0.05, 0) is 0 Å². The second kappa shape index (κ2) is 8.73. The summed E-state index contributed by atoms with van der Waals surface area (Å²) in [4.78, 5) is 23.5. The molecule has 13 heavy (non-hydrogen) atoms. The van der Waals surface area contributed by atoms with Gasteiger partial charge >= 0.3 is 11.9 Å². The maximum atomic E-state index is 10.1. The molecule has 0 saturated carbocycles. The van der Waals surface area contributed by atoms with Crippen molar-refractivity contribution in [3.8, 4) is 0 Å². The molecule has 5 heteroatoms. The standard InChI is InChI=1S/C4H5NO4.C4H10/c1-2(3(6)7)4(8)9-5;1-3-4-2/h1,5H2,(H,6,7);3-4H2,1-2H3. The van der Waals surface area contributed by atoms with Gasteiger partial charge in [-0.3, -0.25) is 0 Å². The van der Waals surface area contributed by atoms with E-state index in [0.717, 1.165) is 0 Å². The van der Waals surface area contributed by atoms with Crippen LogP contribution < -0.4 is 5.90 Å². The van der Waals surface area contributed by atoms with Gasteiger partial charge in [0.1, 0.15) is 5.57 Å². The van der Waals surface area contributed by atoms with Crippen LogP contribution in [0, 0.1) is 0 Å². The number of carbonyl (C=O) groups excluding carboxylic acids is 1. The lowest BCUT2D eigenvalue weighted by molar-refractivity contribution is -0.144. The molecule has 76 valence electrons. The number of carboxylic acids is 1. The molecule has 0 aliphatic carbocycles. The van der Waals surface area contributed by atoms with Crippen molar-refractivity contribution in [1.29, 1.82) is 0 Å². The largest absolute Gasteiger partial charge is 0.477 e.